The third-order valence-electron chi connectivity index (χ3n) is 10.9. The van der Waals surface area contributed by atoms with E-state index in [1.54, 1.807) is 48.2 Å². The van der Waals surface area contributed by atoms with Crippen LogP contribution in [0.1, 0.15) is 74.5 Å². The molecule has 0 unspecified atom stereocenters. The summed E-state index contributed by atoms with van der Waals surface area (Å²) in [6.45, 7) is 6.79. The summed E-state index contributed by atoms with van der Waals surface area (Å²) in [5, 5.41) is 35.4. The Labute approximate surface area is 326 Å². The van der Waals surface area contributed by atoms with E-state index >= 15 is 0 Å². The van der Waals surface area contributed by atoms with Gasteiger partial charge < -0.3 is 29.3 Å². The van der Waals surface area contributed by atoms with Crippen LogP contribution in [0.2, 0.25) is 0 Å². The molecule has 1 saturated carbocycles. The molecule has 0 spiro atoms. The molecule has 294 valence electrons. The van der Waals surface area contributed by atoms with E-state index in [9.17, 15) is 24.7 Å². The van der Waals surface area contributed by atoms with E-state index in [-0.39, 0.29) is 73.5 Å². The first-order valence-electron chi connectivity index (χ1n) is 19.2. The second-order valence-corrected chi connectivity index (χ2v) is 15.8. The number of benzene rings is 3. The molecular weight excluding hydrogens is 724 g/mol. The highest BCUT2D eigenvalue weighted by atomic mass is 32.2. The summed E-state index contributed by atoms with van der Waals surface area (Å²) in [6.07, 6.45) is 9.33. The number of oxime groups is 1. The second kappa shape index (κ2) is 19.1. The van der Waals surface area contributed by atoms with Gasteiger partial charge in [0.05, 0.1) is 28.4 Å². The number of aliphatic hydroxyl groups is 2. The van der Waals surface area contributed by atoms with Crippen molar-refractivity contribution in [1.82, 2.24) is 0 Å². The maximum Gasteiger partial charge on any atom is 0.269 e. The molecule has 3 aromatic carbocycles. The zero-order valence-corrected chi connectivity index (χ0v) is 32.1. The first kappa shape index (κ1) is 40.4. The van der Waals surface area contributed by atoms with Gasteiger partial charge >= 0.3 is 0 Å². The zero-order valence-electron chi connectivity index (χ0n) is 31.3. The maximum absolute atomic E-state index is 14.6. The number of rotatable bonds is 20. The van der Waals surface area contributed by atoms with Crippen molar-refractivity contribution >= 4 is 23.2 Å². The average molecular weight is 775 g/mol. The van der Waals surface area contributed by atoms with Gasteiger partial charge in [-0.25, -0.2) is 4.39 Å². The minimum atomic E-state index is -1.07. The number of nitrogens with zero attached hydrogens (tertiary/aromatic N) is 2. The third kappa shape index (κ3) is 9.09. The lowest BCUT2D eigenvalue weighted by Gasteiger charge is -2.58. The fourth-order valence-corrected chi connectivity index (χ4v) is 9.62. The Balaban J connectivity index is 1.46. The van der Waals surface area contributed by atoms with Crippen LogP contribution in [0.5, 0.6) is 11.5 Å². The number of hydrogen-bond acceptors (Lipinski definition) is 10. The molecule has 0 radical (unpaired) electrons. The molecule has 3 aromatic rings. The third-order valence-corrected chi connectivity index (χ3v) is 12.1. The van der Waals surface area contributed by atoms with Crippen LogP contribution >= 0.6 is 11.8 Å². The number of non-ortho nitro benzene ring substituents is 1. The van der Waals surface area contributed by atoms with Crippen LogP contribution in [0, 0.1) is 33.7 Å². The molecule has 0 aromatic heterocycles. The lowest BCUT2D eigenvalue weighted by atomic mass is 9.56. The molecule has 1 fully saturated rings. The van der Waals surface area contributed by atoms with Crippen molar-refractivity contribution in [2.45, 2.75) is 82.0 Å². The monoisotopic (exact) mass is 774 g/mol. The van der Waals surface area contributed by atoms with Gasteiger partial charge in [-0.3, -0.25) is 10.1 Å². The lowest BCUT2D eigenvalue weighted by Crippen LogP contribution is -2.64. The fraction of sp³-hybridized carbons (Fsp3) is 0.465. The molecule has 6 atom stereocenters. The van der Waals surface area contributed by atoms with Crippen molar-refractivity contribution in [3.05, 3.63) is 124 Å². The molecule has 2 N–H and O–H groups in total. The number of aliphatic hydroxyl groups excluding tert-OH is 2. The van der Waals surface area contributed by atoms with Crippen LogP contribution in [0.25, 0.3) is 0 Å². The summed E-state index contributed by atoms with van der Waals surface area (Å²) in [7, 11) is 0. The highest BCUT2D eigenvalue weighted by Gasteiger charge is 2.63. The van der Waals surface area contributed by atoms with Gasteiger partial charge in [0, 0.05) is 48.8 Å². The number of nitro benzene ring substituents is 1. The van der Waals surface area contributed by atoms with Crippen LogP contribution in [0.4, 0.5) is 10.1 Å². The largest absolute Gasteiger partial charge is 0.489 e. The second-order valence-electron chi connectivity index (χ2n) is 14.3. The molecule has 1 aliphatic heterocycles. The molecule has 12 heteroatoms. The number of unbranched alkanes of at least 4 members (excludes halogenated alkanes) is 2. The van der Waals surface area contributed by atoms with Crippen molar-refractivity contribution in [3.63, 3.8) is 0 Å². The fourth-order valence-electron chi connectivity index (χ4n) is 8.44. The van der Waals surface area contributed by atoms with Crippen LogP contribution in [-0.4, -0.2) is 57.5 Å². The zero-order chi connectivity index (χ0) is 38.8. The molecular formula is C43H51FN2O8S. The van der Waals surface area contributed by atoms with Gasteiger partial charge in [0.1, 0.15) is 30.5 Å². The van der Waals surface area contributed by atoms with Crippen LogP contribution in [0.3, 0.4) is 0 Å². The topological polar surface area (TPSA) is 133 Å². The molecule has 55 heavy (non-hydrogen) atoms. The van der Waals surface area contributed by atoms with Gasteiger partial charge in [0.2, 0.25) is 5.79 Å². The van der Waals surface area contributed by atoms with E-state index in [2.05, 4.69) is 19.6 Å². The molecule has 0 saturated heterocycles. The molecule has 10 nitrogen and oxygen atoms in total. The summed E-state index contributed by atoms with van der Waals surface area (Å²) < 4.78 is 34.9. The Morgan fingerprint density at radius 2 is 1.82 bits per heavy atom. The van der Waals surface area contributed by atoms with Gasteiger partial charge in [0.25, 0.3) is 5.69 Å². The Bertz CT molecular complexity index is 1840. The summed E-state index contributed by atoms with van der Waals surface area (Å²) in [5.41, 5.74) is 4.02. The van der Waals surface area contributed by atoms with Gasteiger partial charge in [-0.15, -0.1) is 6.58 Å². The van der Waals surface area contributed by atoms with Crippen LogP contribution in [0.15, 0.2) is 96.2 Å². The Kier molecular flexibility index (Phi) is 14.0. The number of allylic oxidation sites excluding steroid dienone is 1. The van der Waals surface area contributed by atoms with Crippen molar-refractivity contribution in [2.24, 2.45) is 22.9 Å². The first-order valence-corrected chi connectivity index (χ1v) is 20.3. The maximum atomic E-state index is 14.6. The van der Waals surface area contributed by atoms with E-state index < -0.39 is 10.7 Å². The standard InChI is InChI=1S/C43H51FN2O8S/c1-3-23-52-43-40(55-4-2)26-38(45-53-27-29-15-17-32(18-16-29)46(49)50)35-24-30(11-7-9-21-47)34(13-8-10-22-48)41(42(35)43)36-25-33(19-20-39(36)54-43)51-28-31-12-5-6-14-37(31)44/h3,5-6,12,14-20,24-25,30,34,40-42,47-48H,1,4,7-11,13,21-23,26-28H2,2H3/t30-,34+,40-,41+,42+,43+/m0/s1. The van der Waals surface area contributed by atoms with Gasteiger partial charge in [-0.1, -0.05) is 55.3 Å². The van der Waals surface area contributed by atoms with Crippen LogP contribution in [-0.2, 0) is 22.8 Å². The molecule has 6 rings (SSSR count). The number of ether oxygens (including phenoxy) is 3. The normalized spacial score (nSPS) is 24.6. The van der Waals surface area contributed by atoms with Crippen molar-refractivity contribution in [2.75, 3.05) is 25.6 Å². The number of halogens is 1. The van der Waals surface area contributed by atoms with Crippen molar-refractivity contribution in [1.29, 1.82) is 0 Å². The van der Waals surface area contributed by atoms with Crippen molar-refractivity contribution < 1.29 is 38.6 Å². The van der Waals surface area contributed by atoms with Gasteiger partial charge in [-0.05, 0) is 90.8 Å². The van der Waals surface area contributed by atoms with E-state index in [0.29, 0.717) is 36.3 Å². The first-order chi connectivity index (χ1) is 26.8. The molecule has 1 heterocycles. The predicted octanol–water partition coefficient (Wildman–Crippen LogP) is 8.90. The summed E-state index contributed by atoms with van der Waals surface area (Å²) >= 11 is 1.76. The van der Waals surface area contributed by atoms with Gasteiger partial charge in [-0.2, -0.15) is 11.8 Å². The molecule has 0 amide bonds. The number of hydrogen-bond donors (Lipinski definition) is 2. The minimum Gasteiger partial charge on any atom is -0.489 e. The summed E-state index contributed by atoms with van der Waals surface area (Å²) in [5.74, 6) is 0.555. The number of nitro groups is 1. The lowest BCUT2D eigenvalue weighted by molar-refractivity contribution is -0.384. The Hall–Kier alpha value is -4.23. The molecule has 2 aliphatic carbocycles. The average Bonchev–Trinajstić information content (AvgIpc) is 3.19. The minimum absolute atomic E-state index is 0.00944. The van der Waals surface area contributed by atoms with Gasteiger partial charge in [0.15, 0.2) is 0 Å². The van der Waals surface area contributed by atoms with E-state index in [4.69, 9.17) is 24.2 Å². The van der Waals surface area contributed by atoms with E-state index in [1.165, 1.54) is 18.2 Å². The Morgan fingerprint density at radius 1 is 1.05 bits per heavy atom. The SMILES string of the molecule is C=CCO[C@@]12Oc3ccc(OCc4ccccc4F)cc3[C@H]3[C@H](CCCCO)[C@@H](CCCCO)C=C(C(=NOCc4ccc([N+](=O)[O-])cc4)C[C@@H]1SCC)[C@H]32. The Morgan fingerprint density at radius 3 is 2.53 bits per heavy atom. The van der Waals surface area contributed by atoms with Crippen LogP contribution < -0.4 is 9.47 Å². The quantitative estimate of drug-likeness (QED) is 0.0500. The number of thioether (sulfide) groups is 1. The molecule has 3 aliphatic rings. The highest BCUT2D eigenvalue weighted by molar-refractivity contribution is 8.00. The number of fused-ring (bicyclic) bond motifs is 2. The molecule has 0 bridgehead atoms. The summed E-state index contributed by atoms with van der Waals surface area (Å²) in [6, 6.07) is 18.7. The van der Waals surface area contributed by atoms with E-state index in [0.717, 1.165) is 53.8 Å². The van der Waals surface area contributed by atoms with Crippen molar-refractivity contribution in [3.8, 4) is 11.5 Å². The highest BCUT2D eigenvalue weighted by Crippen LogP contribution is 2.62. The van der Waals surface area contributed by atoms with E-state index in [1.807, 2.05) is 18.2 Å². The summed E-state index contributed by atoms with van der Waals surface area (Å²) in [4.78, 5) is 16.8. The smallest absolute Gasteiger partial charge is 0.269 e. The predicted molar refractivity (Wildman–Crippen MR) is 212 cm³/mol.